The Hall–Kier alpha value is -4.69. The highest BCUT2D eigenvalue weighted by molar-refractivity contribution is 7.07. The van der Waals surface area contributed by atoms with Crippen LogP contribution < -0.4 is 14.9 Å². The highest BCUT2D eigenvalue weighted by Gasteiger charge is 2.35. The molecule has 6 aromatic rings. The predicted octanol–water partition coefficient (Wildman–Crippen LogP) is 8.37. The molecule has 2 aromatic heterocycles. The van der Waals surface area contributed by atoms with E-state index in [1.165, 1.54) is 11.3 Å². The molecule has 49 heavy (non-hydrogen) atoms. The van der Waals surface area contributed by atoms with E-state index < -0.39 is 12.0 Å². The van der Waals surface area contributed by atoms with Crippen molar-refractivity contribution in [3.05, 3.63) is 166 Å². The van der Waals surface area contributed by atoms with Crippen molar-refractivity contribution in [3.63, 3.8) is 0 Å². The van der Waals surface area contributed by atoms with Gasteiger partial charge in [-0.15, -0.1) is 0 Å². The number of para-hydroxylation sites is 1. The zero-order chi connectivity index (χ0) is 34.2. The van der Waals surface area contributed by atoms with E-state index in [9.17, 15) is 9.59 Å². The molecular formula is C40H33Cl2N3O3S. The van der Waals surface area contributed by atoms with Gasteiger partial charge in [-0.2, -0.15) is 0 Å². The molecule has 9 heteroatoms. The summed E-state index contributed by atoms with van der Waals surface area (Å²) in [5.74, 6) is -0.171. The van der Waals surface area contributed by atoms with Gasteiger partial charge in [-0.05, 0) is 53.8 Å². The maximum absolute atomic E-state index is 14.5. The highest BCUT2D eigenvalue weighted by atomic mass is 35.5. The lowest BCUT2D eigenvalue weighted by Gasteiger charge is -2.26. The van der Waals surface area contributed by atoms with Gasteiger partial charge < -0.3 is 9.30 Å². The Balaban J connectivity index is 1.44. The maximum atomic E-state index is 14.5. The van der Waals surface area contributed by atoms with Crippen LogP contribution in [0.1, 0.15) is 60.5 Å². The number of carbonyl (C=O) groups excluding carboxylic acids is 1. The summed E-state index contributed by atoms with van der Waals surface area (Å²) in [4.78, 5) is 33.9. The van der Waals surface area contributed by atoms with E-state index in [4.69, 9.17) is 32.9 Å². The van der Waals surface area contributed by atoms with Crippen molar-refractivity contribution >= 4 is 63.2 Å². The van der Waals surface area contributed by atoms with Crippen LogP contribution in [-0.4, -0.2) is 21.7 Å². The number of nitrogens with zero attached hydrogens (tertiary/aromatic N) is 3. The third kappa shape index (κ3) is 6.30. The normalized spacial score (nSPS) is 14.7. The third-order valence-electron chi connectivity index (χ3n) is 8.75. The number of ether oxygens (including phenoxy) is 1. The summed E-state index contributed by atoms with van der Waals surface area (Å²) in [6.07, 6.45) is 3.96. The second kappa shape index (κ2) is 13.7. The second-order valence-electron chi connectivity index (χ2n) is 12.2. The molecule has 1 aliphatic rings. The predicted molar refractivity (Wildman–Crippen MR) is 199 cm³/mol. The van der Waals surface area contributed by atoms with Gasteiger partial charge in [0.05, 0.1) is 28.5 Å². The smallest absolute Gasteiger partial charge is 0.338 e. The fourth-order valence-electron chi connectivity index (χ4n) is 6.31. The third-order valence-corrected chi connectivity index (χ3v) is 10.3. The number of aromatic nitrogens is 2. The molecule has 0 saturated carbocycles. The Morgan fingerprint density at radius 2 is 1.71 bits per heavy atom. The molecule has 3 heterocycles. The molecule has 0 aliphatic carbocycles. The standard InChI is InChI=1S/C40H33Cl2N3O3S/c1-4-48-39(47)35-36(26-10-6-5-7-11-26)43-40-45(37(35)27-16-14-25(15-17-27)24(2)3)38(46)34(49-40)20-29-23-44(33-13-9-8-12-31(29)33)22-28-18-19-30(41)21-32(28)42/h5-21,23-24,37H,4,22H2,1-3H3/b34-20-/t37-/m0/s1. The Morgan fingerprint density at radius 1 is 0.980 bits per heavy atom. The van der Waals surface area contributed by atoms with Gasteiger partial charge in [0.1, 0.15) is 0 Å². The summed E-state index contributed by atoms with van der Waals surface area (Å²) < 4.78 is 9.90. The first-order valence-electron chi connectivity index (χ1n) is 16.1. The fourth-order valence-corrected chi connectivity index (χ4v) is 7.77. The number of rotatable bonds is 8. The Morgan fingerprint density at radius 3 is 2.43 bits per heavy atom. The molecule has 246 valence electrons. The monoisotopic (exact) mass is 705 g/mol. The zero-order valence-corrected chi connectivity index (χ0v) is 29.5. The minimum absolute atomic E-state index is 0.194. The number of benzene rings is 4. The van der Waals surface area contributed by atoms with Crippen LogP contribution in [0.25, 0.3) is 22.7 Å². The zero-order valence-electron chi connectivity index (χ0n) is 27.2. The molecule has 0 bridgehead atoms. The number of halogens is 2. The van der Waals surface area contributed by atoms with Gasteiger partial charge in [-0.3, -0.25) is 9.36 Å². The number of hydrogen-bond acceptors (Lipinski definition) is 5. The van der Waals surface area contributed by atoms with Crippen LogP contribution in [0.15, 0.2) is 119 Å². The molecule has 1 atom stereocenters. The van der Waals surface area contributed by atoms with Crippen LogP contribution in [0.3, 0.4) is 0 Å². The molecule has 6 nitrogen and oxygen atoms in total. The first kappa shape index (κ1) is 32.8. The Kier molecular flexibility index (Phi) is 9.16. The van der Waals surface area contributed by atoms with Gasteiger partial charge in [0.25, 0.3) is 5.56 Å². The number of esters is 1. The van der Waals surface area contributed by atoms with Gasteiger partial charge >= 0.3 is 5.97 Å². The van der Waals surface area contributed by atoms with E-state index in [1.54, 1.807) is 17.6 Å². The summed E-state index contributed by atoms with van der Waals surface area (Å²) in [7, 11) is 0. The molecule has 7 rings (SSSR count). The number of carbonyl (C=O) groups is 1. The molecule has 0 N–H and O–H groups in total. The number of thiazole rings is 1. The molecule has 0 fully saturated rings. The molecule has 4 aromatic carbocycles. The minimum Gasteiger partial charge on any atom is -0.463 e. The Labute approximate surface area is 297 Å². The van der Waals surface area contributed by atoms with E-state index in [2.05, 4.69) is 36.6 Å². The number of fused-ring (bicyclic) bond motifs is 2. The van der Waals surface area contributed by atoms with Crippen LogP contribution in [0, 0.1) is 0 Å². The summed E-state index contributed by atoms with van der Waals surface area (Å²) in [6, 6.07) is 30.6. The van der Waals surface area contributed by atoms with Crippen LogP contribution in [0.2, 0.25) is 10.0 Å². The van der Waals surface area contributed by atoms with E-state index >= 15 is 0 Å². The SMILES string of the molecule is CCOC(=O)C1=C(c2ccccc2)N=c2s/c(=C\c3cn(Cc4ccc(Cl)cc4Cl)c4ccccc34)c(=O)n2[C@H]1c1ccc(C(C)C)cc1. The summed E-state index contributed by atoms with van der Waals surface area (Å²) in [5.41, 5.74) is 6.17. The lowest BCUT2D eigenvalue weighted by atomic mass is 9.91. The van der Waals surface area contributed by atoms with E-state index in [0.29, 0.717) is 43.1 Å². The summed E-state index contributed by atoms with van der Waals surface area (Å²) >= 11 is 14.0. The van der Waals surface area contributed by atoms with Crippen molar-refractivity contribution in [1.29, 1.82) is 0 Å². The van der Waals surface area contributed by atoms with Gasteiger partial charge in [-0.25, -0.2) is 9.79 Å². The van der Waals surface area contributed by atoms with Gasteiger partial charge in [0.15, 0.2) is 4.80 Å². The van der Waals surface area contributed by atoms with Gasteiger partial charge in [-0.1, -0.05) is 127 Å². The average Bonchev–Trinajstić information content (AvgIpc) is 3.61. The van der Waals surface area contributed by atoms with Crippen molar-refractivity contribution in [2.24, 2.45) is 4.99 Å². The van der Waals surface area contributed by atoms with Gasteiger partial charge in [0, 0.05) is 44.8 Å². The molecule has 0 spiro atoms. The van der Waals surface area contributed by atoms with E-state index in [-0.39, 0.29) is 12.2 Å². The van der Waals surface area contributed by atoms with Crippen molar-refractivity contribution in [1.82, 2.24) is 9.13 Å². The second-order valence-corrected chi connectivity index (χ2v) is 14.1. The molecule has 0 unspecified atom stereocenters. The molecule has 0 radical (unpaired) electrons. The van der Waals surface area contributed by atoms with Gasteiger partial charge in [0.2, 0.25) is 0 Å². The van der Waals surface area contributed by atoms with E-state index in [1.807, 2.05) is 85.1 Å². The summed E-state index contributed by atoms with van der Waals surface area (Å²) in [6.45, 7) is 6.77. The first-order valence-corrected chi connectivity index (χ1v) is 17.7. The minimum atomic E-state index is -0.734. The largest absolute Gasteiger partial charge is 0.463 e. The van der Waals surface area contributed by atoms with Crippen molar-refractivity contribution < 1.29 is 9.53 Å². The first-order chi connectivity index (χ1) is 23.7. The summed E-state index contributed by atoms with van der Waals surface area (Å²) in [5, 5.41) is 2.17. The lowest BCUT2D eigenvalue weighted by Crippen LogP contribution is -2.40. The Bertz CT molecular complexity index is 2420. The van der Waals surface area contributed by atoms with Crippen LogP contribution in [0.4, 0.5) is 0 Å². The lowest BCUT2D eigenvalue weighted by molar-refractivity contribution is -0.138. The maximum Gasteiger partial charge on any atom is 0.338 e. The molecular weight excluding hydrogens is 673 g/mol. The molecule has 0 amide bonds. The van der Waals surface area contributed by atoms with Crippen molar-refractivity contribution in [2.75, 3.05) is 6.61 Å². The van der Waals surface area contributed by atoms with Crippen LogP contribution in [0.5, 0.6) is 0 Å². The highest BCUT2D eigenvalue weighted by Crippen LogP contribution is 2.36. The topological polar surface area (TPSA) is 65.6 Å². The number of hydrogen-bond donors (Lipinski definition) is 0. The van der Waals surface area contributed by atoms with Crippen LogP contribution >= 0.6 is 34.5 Å². The molecule has 0 saturated heterocycles. The molecule has 1 aliphatic heterocycles. The van der Waals surface area contributed by atoms with Crippen molar-refractivity contribution in [2.45, 2.75) is 39.3 Å². The quantitative estimate of drug-likeness (QED) is 0.150. The van der Waals surface area contributed by atoms with Crippen LogP contribution in [-0.2, 0) is 16.1 Å². The van der Waals surface area contributed by atoms with Crippen molar-refractivity contribution in [3.8, 4) is 0 Å². The fraction of sp³-hybridized carbons (Fsp3) is 0.175. The average molecular weight is 707 g/mol. The van der Waals surface area contributed by atoms with E-state index in [0.717, 1.165) is 38.7 Å².